The molecular formula is C18H21F3N4O2. The van der Waals surface area contributed by atoms with Gasteiger partial charge in [-0.2, -0.15) is 13.2 Å². The molecule has 0 spiro atoms. The number of anilines is 2. The molecule has 27 heavy (non-hydrogen) atoms. The number of alkyl halides is 3. The Balaban J connectivity index is 2.09. The molecule has 0 unspecified atom stereocenters. The maximum atomic E-state index is 12.8. The number of nitrogens with one attached hydrogen (secondary N) is 1. The van der Waals surface area contributed by atoms with Gasteiger partial charge in [0, 0.05) is 31.7 Å². The molecule has 0 fully saturated rings. The molecule has 0 bridgehead atoms. The molecule has 146 valence electrons. The van der Waals surface area contributed by atoms with Crippen LogP contribution in [0.3, 0.4) is 0 Å². The molecule has 1 aliphatic heterocycles. The lowest BCUT2D eigenvalue weighted by atomic mass is 10.1. The zero-order chi connectivity index (χ0) is 19.6. The van der Waals surface area contributed by atoms with Crippen molar-refractivity contribution in [2.75, 3.05) is 24.6 Å². The highest BCUT2D eigenvalue weighted by Crippen LogP contribution is 2.32. The summed E-state index contributed by atoms with van der Waals surface area (Å²) in [5.41, 5.74) is 0.722. The lowest BCUT2D eigenvalue weighted by Gasteiger charge is -2.27. The van der Waals surface area contributed by atoms with Crippen molar-refractivity contribution >= 4 is 11.6 Å². The van der Waals surface area contributed by atoms with E-state index in [4.69, 9.17) is 4.84 Å². The minimum Gasteiger partial charge on any atom is -0.408 e. The molecule has 0 radical (unpaired) electrons. The van der Waals surface area contributed by atoms with Gasteiger partial charge in [-0.15, -0.1) is 4.73 Å². The molecule has 0 amide bonds. The molecule has 2 aromatic rings. The highest BCUT2D eigenvalue weighted by molar-refractivity contribution is 5.58. The van der Waals surface area contributed by atoms with Crippen molar-refractivity contribution in [3.8, 4) is 0 Å². The Labute approximate surface area is 154 Å². The van der Waals surface area contributed by atoms with Gasteiger partial charge in [0.1, 0.15) is 6.61 Å². The van der Waals surface area contributed by atoms with Gasteiger partial charge in [0.2, 0.25) is 5.95 Å². The minimum absolute atomic E-state index is 0.255. The predicted octanol–water partition coefficient (Wildman–Crippen LogP) is 2.51. The molecule has 2 heterocycles. The average molecular weight is 382 g/mol. The first-order valence-electron chi connectivity index (χ1n) is 8.80. The Kier molecular flexibility index (Phi) is 5.41. The van der Waals surface area contributed by atoms with Gasteiger partial charge < -0.3 is 15.1 Å². The highest BCUT2D eigenvalue weighted by Gasteiger charge is 2.30. The summed E-state index contributed by atoms with van der Waals surface area (Å²) in [5, 5.41) is 3.14. The van der Waals surface area contributed by atoms with Gasteiger partial charge >= 0.3 is 6.18 Å². The van der Waals surface area contributed by atoms with E-state index in [1.54, 1.807) is 11.8 Å². The predicted molar refractivity (Wildman–Crippen MR) is 95.2 cm³/mol. The first-order valence-corrected chi connectivity index (χ1v) is 8.80. The van der Waals surface area contributed by atoms with Gasteiger partial charge in [0.05, 0.1) is 16.8 Å². The van der Waals surface area contributed by atoms with Gasteiger partial charge in [-0.05, 0) is 38.1 Å². The number of hydrogen-bond acceptors (Lipinski definition) is 5. The van der Waals surface area contributed by atoms with Crippen LogP contribution in [0.5, 0.6) is 0 Å². The number of halogens is 3. The second-order valence-corrected chi connectivity index (χ2v) is 6.07. The summed E-state index contributed by atoms with van der Waals surface area (Å²) in [4.78, 5) is 24.6. The molecule has 1 N–H and O–H groups in total. The number of fused-ring (bicyclic) bond motifs is 1. The van der Waals surface area contributed by atoms with Crippen LogP contribution in [0, 0.1) is 0 Å². The Morgan fingerprint density at radius 3 is 2.56 bits per heavy atom. The van der Waals surface area contributed by atoms with E-state index >= 15 is 0 Å². The summed E-state index contributed by atoms with van der Waals surface area (Å²) in [7, 11) is 0. The van der Waals surface area contributed by atoms with E-state index in [2.05, 4.69) is 10.3 Å². The zero-order valence-corrected chi connectivity index (χ0v) is 15.1. The van der Waals surface area contributed by atoms with Gasteiger partial charge in [-0.1, -0.05) is 0 Å². The summed E-state index contributed by atoms with van der Waals surface area (Å²) in [5.74, 6) is 0.268. The Bertz CT molecular complexity index is 863. The summed E-state index contributed by atoms with van der Waals surface area (Å²) in [6.45, 7) is 5.38. The quantitative estimate of drug-likeness (QED) is 0.861. The van der Waals surface area contributed by atoms with E-state index in [0.29, 0.717) is 43.0 Å². The lowest BCUT2D eigenvalue weighted by molar-refractivity contribution is -0.137. The van der Waals surface area contributed by atoms with E-state index in [0.717, 1.165) is 16.9 Å². The van der Waals surface area contributed by atoms with Crippen LogP contribution in [-0.4, -0.2) is 29.4 Å². The molecule has 0 saturated heterocycles. The van der Waals surface area contributed by atoms with Crippen molar-refractivity contribution in [3.05, 3.63) is 51.4 Å². The van der Waals surface area contributed by atoms with Crippen LogP contribution in [0.1, 0.15) is 30.7 Å². The molecule has 0 atom stereocenters. The van der Waals surface area contributed by atoms with Crippen molar-refractivity contribution in [1.82, 2.24) is 15.0 Å². The third kappa shape index (κ3) is 3.78. The fraction of sp³-hybridized carbons (Fsp3) is 0.444. The fourth-order valence-corrected chi connectivity index (χ4v) is 3.06. The van der Waals surface area contributed by atoms with E-state index in [-0.39, 0.29) is 18.1 Å². The average Bonchev–Trinajstić information content (AvgIpc) is 2.65. The third-order valence-corrected chi connectivity index (χ3v) is 4.37. The molecule has 1 aliphatic rings. The summed E-state index contributed by atoms with van der Waals surface area (Å²) < 4.78 is 39.6. The number of nitrogens with zero attached hydrogens (tertiary/aromatic N) is 3. The van der Waals surface area contributed by atoms with Crippen LogP contribution in [0.4, 0.5) is 24.8 Å². The maximum absolute atomic E-state index is 12.8. The van der Waals surface area contributed by atoms with Crippen LogP contribution in [0.25, 0.3) is 0 Å². The smallest absolute Gasteiger partial charge is 0.408 e. The Morgan fingerprint density at radius 2 is 1.96 bits per heavy atom. The maximum Gasteiger partial charge on any atom is 0.416 e. The zero-order valence-electron chi connectivity index (χ0n) is 15.1. The van der Waals surface area contributed by atoms with E-state index in [9.17, 15) is 18.0 Å². The second-order valence-electron chi connectivity index (χ2n) is 6.07. The largest absolute Gasteiger partial charge is 0.416 e. The van der Waals surface area contributed by atoms with Gasteiger partial charge in [0.15, 0.2) is 0 Å². The molecule has 3 rings (SSSR count). The van der Waals surface area contributed by atoms with Crippen LogP contribution < -0.4 is 20.6 Å². The molecule has 1 aromatic carbocycles. The molecule has 0 aliphatic carbocycles. The SMILES string of the molecule is CCOn1c(N(CC)c2ccc(C(F)(F)F)cc2)nc2c(c1=O)CNCC2. The van der Waals surface area contributed by atoms with Crippen LogP contribution in [-0.2, 0) is 19.1 Å². The topological polar surface area (TPSA) is 59.4 Å². The van der Waals surface area contributed by atoms with Crippen molar-refractivity contribution in [2.45, 2.75) is 33.0 Å². The van der Waals surface area contributed by atoms with E-state index in [1.165, 1.54) is 12.1 Å². The van der Waals surface area contributed by atoms with Crippen LogP contribution in [0.2, 0.25) is 0 Å². The normalized spacial score (nSPS) is 14.0. The minimum atomic E-state index is -4.40. The Morgan fingerprint density at radius 1 is 1.26 bits per heavy atom. The third-order valence-electron chi connectivity index (χ3n) is 4.37. The molecule has 6 nitrogen and oxygen atoms in total. The molecule has 0 saturated carbocycles. The monoisotopic (exact) mass is 382 g/mol. The van der Waals surface area contributed by atoms with Crippen molar-refractivity contribution in [3.63, 3.8) is 0 Å². The summed E-state index contributed by atoms with van der Waals surface area (Å²) in [6, 6.07) is 4.78. The van der Waals surface area contributed by atoms with Crippen molar-refractivity contribution < 1.29 is 18.0 Å². The van der Waals surface area contributed by atoms with Crippen molar-refractivity contribution in [1.29, 1.82) is 0 Å². The first kappa shape index (κ1) is 19.2. The van der Waals surface area contributed by atoms with Crippen LogP contribution in [0.15, 0.2) is 29.1 Å². The summed E-state index contributed by atoms with van der Waals surface area (Å²) in [6.07, 6.45) is -3.80. The van der Waals surface area contributed by atoms with Crippen LogP contribution >= 0.6 is 0 Å². The number of aromatic nitrogens is 2. The summed E-state index contributed by atoms with van der Waals surface area (Å²) >= 11 is 0. The van der Waals surface area contributed by atoms with Gasteiger partial charge in [-0.25, -0.2) is 4.98 Å². The molecule has 1 aromatic heterocycles. The Hall–Kier alpha value is -2.55. The molecule has 9 heteroatoms. The van der Waals surface area contributed by atoms with E-state index < -0.39 is 11.7 Å². The highest BCUT2D eigenvalue weighted by atomic mass is 19.4. The first-order chi connectivity index (χ1) is 12.9. The van der Waals surface area contributed by atoms with E-state index in [1.807, 2.05) is 6.92 Å². The van der Waals surface area contributed by atoms with Crippen molar-refractivity contribution in [2.24, 2.45) is 0 Å². The molecular weight excluding hydrogens is 361 g/mol. The number of hydrogen-bond donors (Lipinski definition) is 1. The van der Waals surface area contributed by atoms with Gasteiger partial charge in [0.25, 0.3) is 5.56 Å². The fourth-order valence-electron chi connectivity index (χ4n) is 3.06. The van der Waals surface area contributed by atoms with Gasteiger partial charge in [-0.3, -0.25) is 4.79 Å². The number of benzene rings is 1. The lowest BCUT2D eigenvalue weighted by Crippen LogP contribution is -2.40. The number of rotatable bonds is 5. The second kappa shape index (κ2) is 7.59. The standard InChI is InChI=1S/C18H21F3N4O2/c1-3-24(13-7-5-12(6-8-13)18(19,20)21)17-23-15-9-10-22-11-14(15)16(26)25(17)27-4-2/h5-8,22H,3-4,9-11H2,1-2H3.